The molecule has 1 fully saturated rings. The Kier molecular flexibility index (Phi) is 4.20. The number of rotatable bonds is 6. The highest BCUT2D eigenvalue weighted by Gasteiger charge is 2.35. The second-order valence-electron chi connectivity index (χ2n) is 4.55. The van der Waals surface area contributed by atoms with Gasteiger partial charge < -0.3 is 10.1 Å². The predicted octanol–water partition coefficient (Wildman–Crippen LogP) is 2.19. The van der Waals surface area contributed by atoms with Crippen molar-refractivity contribution in [3.8, 4) is 0 Å². The summed E-state index contributed by atoms with van der Waals surface area (Å²) in [5, 5.41) is 3.29. The summed E-state index contributed by atoms with van der Waals surface area (Å²) in [5.74, 6) is 0. The molecule has 0 amide bonds. The summed E-state index contributed by atoms with van der Waals surface area (Å²) in [6.45, 7) is 6.30. The van der Waals surface area contributed by atoms with Gasteiger partial charge in [0.05, 0.1) is 6.10 Å². The normalized spacial score (nSPS) is 20.3. The van der Waals surface area contributed by atoms with E-state index < -0.39 is 0 Å². The molecule has 0 saturated heterocycles. The zero-order valence-electron chi connectivity index (χ0n) is 9.23. The SMILES string of the molecule is CNCC1(CCOC(C)C)CCC1. The Balaban J connectivity index is 2.16. The van der Waals surface area contributed by atoms with Crippen molar-refractivity contribution in [2.24, 2.45) is 5.41 Å². The van der Waals surface area contributed by atoms with Gasteiger partial charge >= 0.3 is 0 Å². The van der Waals surface area contributed by atoms with Gasteiger partial charge in [0, 0.05) is 13.2 Å². The molecule has 0 unspecified atom stereocenters. The molecule has 78 valence electrons. The number of hydrogen-bond donors (Lipinski definition) is 1. The molecule has 0 radical (unpaired) electrons. The van der Waals surface area contributed by atoms with E-state index in [2.05, 4.69) is 19.2 Å². The van der Waals surface area contributed by atoms with Gasteiger partial charge in [-0.2, -0.15) is 0 Å². The lowest BCUT2D eigenvalue weighted by Crippen LogP contribution is -2.39. The van der Waals surface area contributed by atoms with Crippen LogP contribution in [0, 0.1) is 5.41 Å². The minimum absolute atomic E-state index is 0.381. The zero-order valence-corrected chi connectivity index (χ0v) is 9.23. The van der Waals surface area contributed by atoms with Gasteiger partial charge in [0.1, 0.15) is 0 Å². The molecule has 0 aromatic rings. The van der Waals surface area contributed by atoms with E-state index in [1.54, 1.807) is 0 Å². The summed E-state index contributed by atoms with van der Waals surface area (Å²) in [6.07, 6.45) is 5.78. The van der Waals surface area contributed by atoms with Crippen LogP contribution in [0.3, 0.4) is 0 Å². The second-order valence-corrected chi connectivity index (χ2v) is 4.55. The van der Waals surface area contributed by atoms with Gasteiger partial charge in [-0.25, -0.2) is 0 Å². The molecule has 2 heteroatoms. The smallest absolute Gasteiger partial charge is 0.0518 e. The lowest BCUT2D eigenvalue weighted by Gasteiger charge is -2.42. The predicted molar refractivity (Wildman–Crippen MR) is 55.9 cm³/mol. The first-order valence-electron chi connectivity index (χ1n) is 5.45. The molecule has 0 spiro atoms. The largest absolute Gasteiger partial charge is 0.379 e. The van der Waals surface area contributed by atoms with Crippen LogP contribution in [-0.4, -0.2) is 26.3 Å². The summed E-state index contributed by atoms with van der Waals surface area (Å²) in [7, 11) is 2.05. The van der Waals surface area contributed by atoms with Crippen LogP contribution >= 0.6 is 0 Å². The molecular formula is C11H23NO. The van der Waals surface area contributed by atoms with Crippen molar-refractivity contribution >= 4 is 0 Å². The lowest BCUT2D eigenvalue weighted by molar-refractivity contribution is 0.0240. The Morgan fingerprint density at radius 1 is 1.38 bits per heavy atom. The van der Waals surface area contributed by atoms with Crippen LogP contribution in [0.1, 0.15) is 39.5 Å². The summed E-state index contributed by atoms with van der Waals surface area (Å²) >= 11 is 0. The minimum Gasteiger partial charge on any atom is -0.379 e. The summed E-state index contributed by atoms with van der Waals surface area (Å²) in [5.41, 5.74) is 0.573. The molecule has 1 aliphatic rings. The molecule has 1 saturated carbocycles. The third-order valence-electron chi connectivity index (χ3n) is 3.05. The monoisotopic (exact) mass is 185 g/mol. The number of nitrogens with one attached hydrogen (secondary N) is 1. The fraction of sp³-hybridized carbons (Fsp3) is 1.00. The molecular weight excluding hydrogens is 162 g/mol. The number of ether oxygens (including phenoxy) is 1. The maximum absolute atomic E-state index is 5.59. The Morgan fingerprint density at radius 3 is 2.46 bits per heavy atom. The van der Waals surface area contributed by atoms with E-state index in [1.165, 1.54) is 25.7 Å². The van der Waals surface area contributed by atoms with Crippen LogP contribution < -0.4 is 5.32 Å². The molecule has 0 aliphatic heterocycles. The van der Waals surface area contributed by atoms with Gasteiger partial charge in [0.15, 0.2) is 0 Å². The van der Waals surface area contributed by atoms with Crippen molar-refractivity contribution < 1.29 is 4.74 Å². The molecule has 13 heavy (non-hydrogen) atoms. The first-order valence-corrected chi connectivity index (χ1v) is 5.45. The fourth-order valence-electron chi connectivity index (χ4n) is 2.08. The summed E-state index contributed by atoms with van der Waals surface area (Å²) in [6, 6.07) is 0. The molecule has 0 aromatic heterocycles. The summed E-state index contributed by atoms with van der Waals surface area (Å²) in [4.78, 5) is 0. The van der Waals surface area contributed by atoms with Crippen molar-refractivity contribution in [1.82, 2.24) is 5.32 Å². The van der Waals surface area contributed by atoms with Gasteiger partial charge in [0.25, 0.3) is 0 Å². The van der Waals surface area contributed by atoms with Gasteiger partial charge in [-0.1, -0.05) is 6.42 Å². The molecule has 0 bridgehead atoms. The quantitative estimate of drug-likeness (QED) is 0.685. The first-order chi connectivity index (χ1) is 6.18. The van der Waals surface area contributed by atoms with E-state index in [9.17, 15) is 0 Å². The second kappa shape index (κ2) is 4.97. The zero-order chi connectivity index (χ0) is 9.73. The van der Waals surface area contributed by atoms with Crippen molar-refractivity contribution in [3.63, 3.8) is 0 Å². The van der Waals surface area contributed by atoms with Crippen molar-refractivity contribution in [1.29, 1.82) is 0 Å². The van der Waals surface area contributed by atoms with E-state index in [0.29, 0.717) is 11.5 Å². The van der Waals surface area contributed by atoms with Crippen molar-refractivity contribution in [3.05, 3.63) is 0 Å². The third kappa shape index (κ3) is 3.28. The highest BCUT2D eigenvalue weighted by molar-refractivity contribution is 4.88. The Bertz CT molecular complexity index is 141. The first kappa shape index (κ1) is 11.0. The van der Waals surface area contributed by atoms with E-state index in [4.69, 9.17) is 4.74 Å². The minimum atomic E-state index is 0.381. The van der Waals surface area contributed by atoms with Gasteiger partial charge in [-0.05, 0) is 45.6 Å². The Labute approximate surface area is 82.0 Å². The molecule has 0 heterocycles. The van der Waals surface area contributed by atoms with Crippen LogP contribution in [0.5, 0.6) is 0 Å². The van der Waals surface area contributed by atoms with Gasteiger partial charge in [-0.15, -0.1) is 0 Å². The molecule has 2 nitrogen and oxygen atoms in total. The third-order valence-corrected chi connectivity index (χ3v) is 3.05. The van der Waals surface area contributed by atoms with Crippen molar-refractivity contribution in [2.45, 2.75) is 45.6 Å². The highest BCUT2D eigenvalue weighted by Crippen LogP contribution is 2.43. The number of hydrogen-bond acceptors (Lipinski definition) is 2. The topological polar surface area (TPSA) is 21.3 Å². The van der Waals surface area contributed by atoms with Crippen LogP contribution in [0.4, 0.5) is 0 Å². The van der Waals surface area contributed by atoms with E-state index in [-0.39, 0.29) is 0 Å². The molecule has 0 aromatic carbocycles. The van der Waals surface area contributed by atoms with E-state index in [1.807, 2.05) is 7.05 Å². The fourth-order valence-corrected chi connectivity index (χ4v) is 2.08. The van der Waals surface area contributed by atoms with Crippen LogP contribution in [0.2, 0.25) is 0 Å². The molecule has 1 rings (SSSR count). The van der Waals surface area contributed by atoms with Crippen LogP contribution in [-0.2, 0) is 4.74 Å². The Morgan fingerprint density at radius 2 is 2.08 bits per heavy atom. The lowest BCUT2D eigenvalue weighted by atomic mass is 9.67. The maximum atomic E-state index is 5.59. The maximum Gasteiger partial charge on any atom is 0.0518 e. The molecule has 1 aliphatic carbocycles. The van der Waals surface area contributed by atoms with E-state index >= 15 is 0 Å². The summed E-state index contributed by atoms with van der Waals surface area (Å²) < 4.78 is 5.59. The van der Waals surface area contributed by atoms with E-state index in [0.717, 1.165) is 13.2 Å². The van der Waals surface area contributed by atoms with Crippen LogP contribution in [0.15, 0.2) is 0 Å². The van der Waals surface area contributed by atoms with Crippen molar-refractivity contribution in [2.75, 3.05) is 20.2 Å². The Hall–Kier alpha value is -0.0800. The molecule has 1 N–H and O–H groups in total. The highest BCUT2D eigenvalue weighted by atomic mass is 16.5. The van der Waals surface area contributed by atoms with Crippen LogP contribution in [0.25, 0.3) is 0 Å². The average molecular weight is 185 g/mol. The average Bonchev–Trinajstić information content (AvgIpc) is 1.99. The van der Waals surface area contributed by atoms with Gasteiger partial charge in [-0.3, -0.25) is 0 Å². The standard InChI is InChI=1S/C11H23NO/c1-10(2)13-8-7-11(9-12-3)5-4-6-11/h10,12H,4-9H2,1-3H3. The van der Waals surface area contributed by atoms with Gasteiger partial charge in [0.2, 0.25) is 0 Å². The molecule has 0 atom stereocenters.